The molecule has 6 heteroatoms. The minimum Gasteiger partial charge on any atom is -0.360 e. The van der Waals surface area contributed by atoms with Crippen LogP contribution in [0, 0.1) is 13.8 Å². The number of nitrogens with one attached hydrogen (secondary N) is 1. The van der Waals surface area contributed by atoms with Gasteiger partial charge in [-0.05, 0) is 20.8 Å². The van der Waals surface area contributed by atoms with Crippen molar-refractivity contribution in [3.05, 3.63) is 47.2 Å². The Labute approximate surface area is 116 Å². The zero-order valence-corrected chi connectivity index (χ0v) is 11.8. The first-order valence-electron chi connectivity index (χ1n) is 6.60. The predicted molar refractivity (Wildman–Crippen MR) is 74.2 cm³/mol. The summed E-state index contributed by atoms with van der Waals surface area (Å²) in [4.78, 5) is 4.45. The fourth-order valence-corrected chi connectivity index (χ4v) is 2.30. The number of aryl methyl sites for hydroxylation is 2. The van der Waals surface area contributed by atoms with E-state index < -0.39 is 0 Å². The van der Waals surface area contributed by atoms with Gasteiger partial charge in [0, 0.05) is 35.6 Å². The first-order chi connectivity index (χ1) is 9.65. The van der Waals surface area contributed by atoms with E-state index in [2.05, 4.69) is 34.4 Å². The molecule has 0 bridgehead atoms. The van der Waals surface area contributed by atoms with Gasteiger partial charge < -0.3 is 9.84 Å². The summed E-state index contributed by atoms with van der Waals surface area (Å²) >= 11 is 0. The summed E-state index contributed by atoms with van der Waals surface area (Å²) in [6.07, 6.45) is 3.55. The molecule has 0 amide bonds. The molecule has 0 aliphatic rings. The van der Waals surface area contributed by atoms with E-state index in [1.54, 1.807) is 6.20 Å². The van der Waals surface area contributed by atoms with Crippen molar-refractivity contribution >= 4 is 5.65 Å². The van der Waals surface area contributed by atoms with Gasteiger partial charge in [0.25, 0.3) is 0 Å². The van der Waals surface area contributed by atoms with Crippen LogP contribution in [-0.2, 0) is 6.54 Å². The van der Waals surface area contributed by atoms with Crippen LogP contribution in [0.25, 0.3) is 5.65 Å². The van der Waals surface area contributed by atoms with Crippen molar-refractivity contribution in [2.75, 3.05) is 0 Å². The maximum absolute atomic E-state index is 5.08. The maximum Gasteiger partial charge on any atom is 0.155 e. The fourth-order valence-electron chi connectivity index (χ4n) is 2.30. The number of aromatic nitrogens is 4. The summed E-state index contributed by atoms with van der Waals surface area (Å²) in [5, 5.41) is 11.6. The molecule has 0 saturated carbocycles. The number of rotatable bonds is 4. The third kappa shape index (κ3) is 2.30. The highest BCUT2D eigenvalue weighted by atomic mass is 16.5. The third-order valence-electron chi connectivity index (χ3n) is 3.42. The Morgan fingerprint density at radius 1 is 1.40 bits per heavy atom. The minimum atomic E-state index is 0.154. The van der Waals surface area contributed by atoms with Gasteiger partial charge in [0.15, 0.2) is 5.65 Å². The Bertz CT molecular complexity index is 717. The Balaban J connectivity index is 1.83. The number of hydrogen-bond acceptors (Lipinski definition) is 5. The van der Waals surface area contributed by atoms with E-state index in [9.17, 15) is 0 Å². The van der Waals surface area contributed by atoms with E-state index in [0.717, 1.165) is 28.4 Å². The third-order valence-corrected chi connectivity index (χ3v) is 3.42. The van der Waals surface area contributed by atoms with Crippen LogP contribution < -0.4 is 5.32 Å². The summed E-state index contributed by atoms with van der Waals surface area (Å²) in [7, 11) is 0. The van der Waals surface area contributed by atoms with Crippen LogP contribution in [-0.4, -0.2) is 19.8 Å². The lowest BCUT2D eigenvalue weighted by atomic mass is 10.1. The predicted octanol–water partition coefficient (Wildman–Crippen LogP) is 2.18. The molecule has 104 valence electrons. The van der Waals surface area contributed by atoms with Crippen LogP contribution in [0.2, 0.25) is 0 Å². The monoisotopic (exact) mass is 271 g/mol. The molecule has 0 radical (unpaired) electrons. The van der Waals surface area contributed by atoms with E-state index >= 15 is 0 Å². The second-order valence-corrected chi connectivity index (χ2v) is 4.94. The quantitative estimate of drug-likeness (QED) is 0.787. The lowest BCUT2D eigenvalue weighted by Gasteiger charge is -2.15. The number of fused-ring (bicyclic) bond motifs is 1. The zero-order valence-electron chi connectivity index (χ0n) is 11.8. The topological polar surface area (TPSA) is 68.2 Å². The van der Waals surface area contributed by atoms with Gasteiger partial charge in [0.2, 0.25) is 0 Å². The second kappa shape index (κ2) is 5.05. The Morgan fingerprint density at radius 3 is 3.00 bits per heavy atom. The summed E-state index contributed by atoms with van der Waals surface area (Å²) in [6.45, 7) is 6.77. The van der Waals surface area contributed by atoms with Gasteiger partial charge in [-0.1, -0.05) is 5.16 Å². The van der Waals surface area contributed by atoms with Gasteiger partial charge >= 0.3 is 0 Å². The van der Waals surface area contributed by atoms with Crippen molar-refractivity contribution in [3.8, 4) is 0 Å². The fraction of sp³-hybridized carbons (Fsp3) is 0.357. The Morgan fingerprint density at radius 2 is 2.25 bits per heavy atom. The standard InChI is InChI=1S/C14H17N5O/c1-9-6-14-16-8-13(11(3)19(14)18-9)10(2)15-7-12-4-5-17-20-12/h4-6,8,10,15H,7H2,1-3H3. The average Bonchev–Trinajstić information content (AvgIpc) is 3.05. The van der Waals surface area contributed by atoms with Crippen LogP contribution in [0.1, 0.15) is 35.7 Å². The van der Waals surface area contributed by atoms with Gasteiger partial charge in [-0.25, -0.2) is 9.50 Å². The van der Waals surface area contributed by atoms with Crippen LogP contribution in [0.4, 0.5) is 0 Å². The molecular weight excluding hydrogens is 254 g/mol. The van der Waals surface area contributed by atoms with Crippen molar-refractivity contribution in [1.29, 1.82) is 0 Å². The average molecular weight is 271 g/mol. The van der Waals surface area contributed by atoms with Crippen LogP contribution >= 0.6 is 0 Å². The normalized spacial score (nSPS) is 12.9. The molecule has 3 aromatic heterocycles. The van der Waals surface area contributed by atoms with Gasteiger partial charge in [-0.2, -0.15) is 5.10 Å². The molecule has 0 aliphatic carbocycles. The Kier molecular flexibility index (Phi) is 3.23. The lowest BCUT2D eigenvalue weighted by Crippen LogP contribution is -2.20. The molecule has 3 heterocycles. The maximum atomic E-state index is 5.08. The smallest absolute Gasteiger partial charge is 0.155 e. The first-order valence-corrected chi connectivity index (χ1v) is 6.60. The molecule has 20 heavy (non-hydrogen) atoms. The lowest BCUT2D eigenvalue weighted by molar-refractivity contribution is 0.365. The van der Waals surface area contributed by atoms with Gasteiger partial charge in [0.1, 0.15) is 5.76 Å². The molecule has 0 aromatic carbocycles. The van der Waals surface area contributed by atoms with E-state index in [-0.39, 0.29) is 6.04 Å². The molecule has 0 fully saturated rings. The largest absolute Gasteiger partial charge is 0.360 e. The van der Waals surface area contributed by atoms with E-state index in [1.165, 1.54) is 0 Å². The first kappa shape index (κ1) is 12.8. The van der Waals surface area contributed by atoms with Crippen molar-refractivity contribution in [3.63, 3.8) is 0 Å². The van der Waals surface area contributed by atoms with Crippen molar-refractivity contribution in [2.45, 2.75) is 33.4 Å². The van der Waals surface area contributed by atoms with Crippen molar-refractivity contribution in [2.24, 2.45) is 0 Å². The molecule has 0 spiro atoms. The highest BCUT2D eigenvalue weighted by Crippen LogP contribution is 2.18. The van der Waals surface area contributed by atoms with Crippen LogP contribution in [0.3, 0.4) is 0 Å². The highest BCUT2D eigenvalue weighted by Gasteiger charge is 2.13. The Hall–Kier alpha value is -2.21. The molecule has 3 aromatic rings. The van der Waals surface area contributed by atoms with Gasteiger partial charge in [-0.15, -0.1) is 0 Å². The summed E-state index contributed by atoms with van der Waals surface area (Å²) in [5.74, 6) is 0.818. The minimum absolute atomic E-state index is 0.154. The number of hydrogen-bond donors (Lipinski definition) is 1. The van der Waals surface area contributed by atoms with Gasteiger partial charge in [0.05, 0.1) is 18.4 Å². The van der Waals surface area contributed by atoms with E-state index in [1.807, 2.05) is 29.8 Å². The summed E-state index contributed by atoms with van der Waals surface area (Å²) in [5.41, 5.74) is 4.08. The molecule has 1 unspecified atom stereocenters. The van der Waals surface area contributed by atoms with Crippen molar-refractivity contribution < 1.29 is 4.52 Å². The SMILES string of the molecule is Cc1cc2ncc(C(C)NCc3ccno3)c(C)n2n1. The van der Waals surface area contributed by atoms with Crippen molar-refractivity contribution in [1.82, 2.24) is 25.1 Å². The molecule has 3 rings (SSSR count). The highest BCUT2D eigenvalue weighted by molar-refractivity contribution is 5.42. The number of nitrogens with zero attached hydrogens (tertiary/aromatic N) is 4. The molecule has 0 aliphatic heterocycles. The molecule has 1 atom stereocenters. The zero-order chi connectivity index (χ0) is 14.1. The van der Waals surface area contributed by atoms with Gasteiger partial charge in [-0.3, -0.25) is 0 Å². The summed E-state index contributed by atoms with van der Waals surface area (Å²) < 4.78 is 6.96. The van der Waals surface area contributed by atoms with E-state index in [0.29, 0.717) is 6.54 Å². The molecule has 0 saturated heterocycles. The molecule has 1 N–H and O–H groups in total. The van der Waals surface area contributed by atoms with Crippen LogP contribution in [0.15, 0.2) is 29.0 Å². The van der Waals surface area contributed by atoms with Crippen LogP contribution in [0.5, 0.6) is 0 Å². The summed E-state index contributed by atoms with van der Waals surface area (Å²) in [6, 6.07) is 3.98. The second-order valence-electron chi connectivity index (χ2n) is 4.94. The molecule has 6 nitrogen and oxygen atoms in total. The van der Waals surface area contributed by atoms with E-state index in [4.69, 9.17) is 4.52 Å². The molecular formula is C14H17N5O.